The molecule has 1 aromatic carbocycles. The van der Waals surface area contributed by atoms with Crippen LogP contribution in [0.2, 0.25) is 0 Å². The molecule has 0 amide bonds. The molecule has 1 N–H and O–H groups in total. The molecule has 0 saturated carbocycles. The number of nitrogens with zero attached hydrogens (tertiary/aromatic N) is 1. The van der Waals surface area contributed by atoms with Crippen LogP contribution in [0.25, 0.3) is 0 Å². The Labute approximate surface area is 116 Å². The minimum absolute atomic E-state index is 0.401. The second-order valence-corrected chi connectivity index (χ2v) is 6.32. The van der Waals surface area contributed by atoms with Gasteiger partial charge in [0.25, 0.3) is 0 Å². The molecule has 4 heteroatoms. The van der Waals surface area contributed by atoms with Crippen molar-refractivity contribution in [2.75, 3.05) is 24.7 Å². The molecule has 0 radical (unpaired) electrons. The zero-order chi connectivity index (χ0) is 12.8. The lowest BCUT2D eigenvalue weighted by molar-refractivity contribution is -0.184. The maximum absolute atomic E-state index is 10.4. The van der Waals surface area contributed by atoms with Crippen molar-refractivity contribution < 1.29 is 9.84 Å². The van der Waals surface area contributed by atoms with E-state index in [1.165, 1.54) is 18.5 Å². The normalized spacial score (nSPS) is 26.2. The summed E-state index contributed by atoms with van der Waals surface area (Å²) in [5.74, 6) is 0. The van der Waals surface area contributed by atoms with Crippen molar-refractivity contribution in [3.63, 3.8) is 0 Å². The second kappa shape index (κ2) is 4.51. The average Bonchev–Trinajstić information content (AvgIpc) is 2.71. The van der Waals surface area contributed by atoms with Crippen LogP contribution >= 0.6 is 15.9 Å². The SMILES string of the molecule is C[C@@H]1CCCN1c1cc(Br)cc(C2(O)COC2)c1. The Morgan fingerprint density at radius 1 is 1.39 bits per heavy atom. The van der Waals surface area contributed by atoms with Gasteiger partial charge in [0.05, 0.1) is 13.2 Å². The van der Waals surface area contributed by atoms with Crippen molar-refractivity contribution in [1.29, 1.82) is 0 Å². The number of aliphatic hydroxyl groups is 1. The number of ether oxygens (including phenoxy) is 1. The highest BCUT2D eigenvalue weighted by molar-refractivity contribution is 9.10. The van der Waals surface area contributed by atoms with Crippen LogP contribution in [-0.4, -0.2) is 30.9 Å². The molecular formula is C14H18BrNO2. The van der Waals surface area contributed by atoms with Gasteiger partial charge in [0.2, 0.25) is 0 Å². The number of rotatable bonds is 2. The van der Waals surface area contributed by atoms with E-state index < -0.39 is 5.60 Å². The highest BCUT2D eigenvalue weighted by atomic mass is 79.9. The quantitative estimate of drug-likeness (QED) is 0.911. The number of anilines is 1. The summed E-state index contributed by atoms with van der Waals surface area (Å²) in [4.78, 5) is 2.41. The number of hydrogen-bond acceptors (Lipinski definition) is 3. The van der Waals surface area contributed by atoms with Gasteiger partial charge >= 0.3 is 0 Å². The van der Waals surface area contributed by atoms with E-state index in [0.29, 0.717) is 19.3 Å². The van der Waals surface area contributed by atoms with Crippen molar-refractivity contribution in [3.05, 3.63) is 28.2 Å². The van der Waals surface area contributed by atoms with Crippen molar-refractivity contribution >= 4 is 21.6 Å². The molecule has 1 atom stereocenters. The summed E-state index contributed by atoms with van der Waals surface area (Å²) < 4.78 is 6.16. The molecule has 98 valence electrons. The molecule has 2 aliphatic heterocycles. The number of hydrogen-bond donors (Lipinski definition) is 1. The van der Waals surface area contributed by atoms with Gasteiger partial charge in [-0.15, -0.1) is 0 Å². The third-order valence-electron chi connectivity index (χ3n) is 3.99. The minimum atomic E-state index is -0.790. The van der Waals surface area contributed by atoms with E-state index in [0.717, 1.165) is 16.6 Å². The fourth-order valence-corrected chi connectivity index (χ4v) is 3.27. The average molecular weight is 312 g/mol. The fraction of sp³-hybridized carbons (Fsp3) is 0.571. The first-order chi connectivity index (χ1) is 8.58. The molecule has 0 aliphatic carbocycles. The Morgan fingerprint density at radius 3 is 2.72 bits per heavy atom. The Bertz CT molecular complexity index is 459. The standard InChI is InChI=1S/C14H18BrNO2/c1-10-3-2-4-16(10)13-6-11(5-12(15)7-13)14(17)8-18-9-14/h5-7,10,17H,2-4,8-9H2,1H3/t10-/m1/s1. The molecule has 18 heavy (non-hydrogen) atoms. The molecule has 0 unspecified atom stereocenters. The lowest BCUT2D eigenvalue weighted by Gasteiger charge is -2.37. The van der Waals surface area contributed by atoms with Gasteiger partial charge in [-0.25, -0.2) is 0 Å². The second-order valence-electron chi connectivity index (χ2n) is 5.41. The van der Waals surface area contributed by atoms with Gasteiger partial charge < -0.3 is 14.7 Å². The van der Waals surface area contributed by atoms with Crippen LogP contribution in [0.4, 0.5) is 5.69 Å². The molecular weight excluding hydrogens is 294 g/mol. The minimum Gasteiger partial charge on any atom is -0.380 e. The highest BCUT2D eigenvalue weighted by Gasteiger charge is 2.38. The Kier molecular flexibility index (Phi) is 3.12. The first kappa shape index (κ1) is 12.5. The summed E-state index contributed by atoms with van der Waals surface area (Å²) >= 11 is 3.55. The summed E-state index contributed by atoms with van der Waals surface area (Å²) in [6.45, 7) is 4.16. The van der Waals surface area contributed by atoms with Crippen molar-refractivity contribution in [2.45, 2.75) is 31.4 Å². The van der Waals surface area contributed by atoms with Crippen LogP contribution in [0, 0.1) is 0 Å². The van der Waals surface area contributed by atoms with Crippen molar-refractivity contribution in [2.24, 2.45) is 0 Å². The largest absolute Gasteiger partial charge is 0.380 e. The Balaban J connectivity index is 1.95. The van der Waals surface area contributed by atoms with E-state index in [1.807, 2.05) is 6.07 Å². The molecule has 1 aromatic rings. The summed E-state index contributed by atoms with van der Waals surface area (Å²) in [5.41, 5.74) is 1.36. The maximum Gasteiger partial charge on any atom is 0.136 e. The Hall–Kier alpha value is -0.580. The molecule has 0 bridgehead atoms. The van der Waals surface area contributed by atoms with E-state index in [2.05, 4.69) is 39.9 Å². The fourth-order valence-electron chi connectivity index (χ4n) is 2.79. The van der Waals surface area contributed by atoms with Gasteiger partial charge in [-0.05, 0) is 43.5 Å². The van der Waals surface area contributed by atoms with E-state index in [1.54, 1.807) is 0 Å². The Morgan fingerprint density at radius 2 is 2.17 bits per heavy atom. The predicted molar refractivity (Wildman–Crippen MR) is 74.9 cm³/mol. The highest BCUT2D eigenvalue weighted by Crippen LogP contribution is 2.36. The first-order valence-corrected chi connectivity index (χ1v) is 7.26. The molecule has 2 aliphatic rings. The topological polar surface area (TPSA) is 32.7 Å². The number of benzene rings is 1. The van der Waals surface area contributed by atoms with Gasteiger partial charge in [0.15, 0.2) is 0 Å². The van der Waals surface area contributed by atoms with Crippen LogP contribution in [0.3, 0.4) is 0 Å². The molecule has 2 heterocycles. The smallest absolute Gasteiger partial charge is 0.136 e. The van der Waals surface area contributed by atoms with Gasteiger partial charge in [-0.2, -0.15) is 0 Å². The summed E-state index contributed by atoms with van der Waals surface area (Å²) in [6, 6.07) is 6.82. The monoisotopic (exact) mass is 311 g/mol. The predicted octanol–water partition coefficient (Wildman–Crippen LogP) is 2.66. The molecule has 0 spiro atoms. The van der Waals surface area contributed by atoms with Crippen LogP contribution in [-0.2, 0) is 10.3 Å². The molecule has 2 saturated heterocycles. The lowest BCUT2D eigenvalue weighted by atomic mass is 9.91. The van der Waals surface area contributed by atoms with Crippen LogP contribution < -0.4 is 4.90 Å². The van der Waals surface area contributed by atoms with Crippen LogP contribution in [0.15, 0.2) is 22.7 Å². The van der Waals surface area contributed by atoms with Crippen molar-refractivity contribution in [3.8, 4) is 0 Å². The molecule has 0 aromatic heterocycles. The van der Waals surface area contributed by atoms with E-state index in [9.17, 15) is 5.11 Å². The van der Waals surface area contributed by atoms with Gasteiger partial charge in [0.1, 0.15) is 5.60 Å². The first-order valence-electron chi connectivity index (χ1n) is 6.46. The van der Waals surface area contributed by atoms with Gasteiger partial charge in [0, 0.05) is 22.7 Å². The van der Waals surface area contributed by atoms with Crippen LogP contribution in [0.1, 0.15) is 25.3 Å². The van der Waals surface area contributed by atoms with Crippen molar-refractivity contribution in [1.82, 2.24) is 0 Å². The van der Waals surface area contributed by atoms with Gasteiger partial charge in [-0.1, -0.05) is 15.9 Å². The van der Waals surface area contributed by atoms with E-state index >= 15 is 0 Å². The summed E-state index contributed by atoms with van der Waals surface area (Å²) in [6.07, 6.45) is 2.49. The maximum atomic E-state index is 10.4. The van der Waals surface area contributed by atoms with Gasteiger partial charge in [-0.3, -0.25) is 0 Å². The van der Waals surface area contributed by atoms with E-state index in [-0.39, 0.29) is 0 Å². The summed E-state index contributed by atoms with van der Waals surface area (Å²) in [5, 5.41) is 10.4. The summed E-state index contributed by atoms with van der Waals surface area (Å²) in [7, 11) is 0. The molecule has 2 fully saturated rings. The third-order valence-corrected chi connectivity index (χ3v) is 4.44. The molecule has 3 nitrogen and oxygen atoms in total. The number of halogens is 1. The molecule has 3 rings (SSSR count). The zero-order valence-corrected chi connectivity index (χ0v) is 12.1. The van der Waals surface area contributed by atoms with E-state index in [4.69, 9.17) is 4.74 Å². The lowest BCUT2D eigenvalue weighted by Crippen LogP contribution is -2.46. The zero-order valence-electron chi connectivity index (χ0n) is 10.5. The third kappa shape index (κ3) is 2.06. The van der Waals surface area contributed by atoms with Crippen LogP contribution in [0.5, 0.6) is 0 Å².